The fourth-order valence-corrected chi connectivity index (χ4v) is 3.23. The summed E-state index contributed by atoms with van der Waals surface area (Å²) < 4.78 is 4.95. The van der Waals surface area contributed by atoms with Crippen molar-refractivity contribution < 1.29 is 19.2 Å². The number of aliphatic imine (C=N–C) groups is 1. The second-order valence-corrected chi connectivity index (χ2v) is 6.87. The van der Waals surface area contributed by atoms with E-state index in [4.69, 9.17) is 4.74 Å². The van der Waals surface area contributed by atoms with Crippen molar-refractivity contribution in [1.82, 2.24) is 5.32 Å². The number of carbonyl (C=O) groups excluding carboxylic acids is 2. The average Bonchev–Trinajstić information content (AvgIpc) is 2.93. The number of nitro benzene ring substituents is 1. The maximum Gasteiger partial charge on any atom is 0.296 e. The van der Waals surface area contributed by atoms with Gasteiger partial charge in [-0.1, -0.05) is 18.7 Å². The lowest BCUT2D eigenvalue weighted by atomic mass is 10.2. The number of thioether (sulfide) groups is 1. The van der Waals surface area contributed by atoms with E-state index in [1.54, 1.807) is 0 Å². The summed E-state index contributed by atoms with van der Waals surface area (Å²) in [5, 5.41) is 16.2. The highest BCUT2D eigenvalue weighted by atomic mass is 32.2. The van der Waals surface area contributed by atoms with Crippen LogP contribution in [0, 0.1) is 10.1 Å². The minimum Gasteiger partial charge on any atom is -0.496 e. The number of rotatable bonds is 7. The number of amides is 2. The van der Waals surface area contributed by atoms with E-state index < -0.39 is 16.1 Å². The van der Waals surface area contributed by atoms with E-state index in [1.807, 2.05) is 13.8 Å². The van der Waals surface area contributed by atoms with Crippen LogP contribution in [0.4, 0.5) is 11.4 Å². The number of hydrogen-bond donors (Lipinski definition) is 2. The van der Waals surface area contributed by atoms with Crippen molar-refractivity contribution >= 4 is 40.1 Å². The molecule has 1 heterocycles. The number of methoxy groups -OCH3 is 1. The fourth-order valence-electron chi connectivity index (χ4n) is 2.16. The zero-order valence-electron chi connectivity index (χ0n) is 14.6. The summed E-state index contributed by atoms with van der Waals surface area (Å²) in [6.45, 7) is 3.92. The van der Waals surface area contributed by atoms with Crippen LogP contribution in [0.1, 0.15) is 26.7 Å². The van der Waals surface area contributed by atoms with Crippen molar-refractivity contribution in [3.63, 3.8) is 0 Å². The second-order valence-electron chi connectivity index (χ2n) is 5.68. The molecule has 0 spiro atoms. The van der Waals surface area contributed by atoms with Gasteiger partial charge in [-0.05, 0) is 25.5 Å². The molecule has 1 aliphatic heterocycles. The van der Waals surface area contributed by atoms with Gasteiger partial charge in [-0.15, -0.1) is 0 Å². The van der Waals surface area contributed by atoms with Crippen LogP contribution in [0.2, 0.25) is 0 Å². The summed E-state index contributed by atoms with van der Waals surface area (Å²) in [6.07, 6.45) is 0.728. The molecule has 0 bridgehead atoms. The smallest absolute Gasteiger partial charge is 0.296 e. The number of nitrogens with zero attached hydrogens (tertiary/aromatic N) is 2. The first kappa shape index (κ1) is 19.7. The van der Waals surface area contributed by atoms with Crippen LogP contribution in [0.15, 0.2) is 23.2 Å². The molecule has 0 unspecified atom stereocenters. The zero-order valence-corrected chi connectivity index (χ0v) is 15.5. The van der Waals surface area contributed by atoms with E-state index in [0.29, 0.717) is 10.9 Å². The second kappa shape index (κ2) is 8.65. The van der Waals surface area contributed by atoms with Gasteiger partial charge in [-0.25, -0.2) is 0 Å². The lowest BCUT2D eigenvalue weighted by Gasteiger charge is -2.09. The third-order valence-electron chi connectivity index (χ3n) is 3.75. The summed E-state index contributed by atoms with van der Waals surface area (Å²) in [6, 6.07) is 4.21. The Morgan fingerprint density at radius 3 is 2.88 bits per heavy atom. The van der Waals surface area contributed by atoms with Crippen molar-refractivity contribution in [2.45, 2.75) is 38.0 Å². The quantitative estimate of drug-likeness (QED) is 0.553. The fraction of sp³-hybridized carbons (Fsp3) is 0.438. The van der Waals surface area contributed by atoms with Crippen LogP contribution in [0.25, 0.3) is 0 Å². The van der Waals surface area contributed by atoms with Gasteiger partial charge >= 0.3 is 0 Å². The highest BCUT2D eigenvalue weighted by Crippen LogP contribution is 2.30. The van der Waals surface area contributed by atoms with Crippen LogP contribution < -0.4 is 15.4 Å². The Labute approximate surface area is 154 Å². The number of carbonyl (C=O) groups is 2. The van der Waals surface area contributed by atoms with Gasteiger partial charge in [0.2, 0.25) is 11.8 Å². The van der Waals surface area contributed by atoms with Crippen LogP contribution in [-0.4, -0.2) is 40.3 Å². The van der Waals surface area contributed by atoms with Crippen molar-refractivity contribution in [2.75, 3.05) is 12.4 Å². The first-order valence-corrected chi connectivity index (χ1v) is 8.89. The molecule has 1 aromatic rings. The molecular weight excluding hydrogens is 360 g/mol. The van der Waals surface area contributed by atoms with Gasteiger partial charge in [0.15, 0.2) is 5.17 Å². The molecule has 1 aliphatic rings. The molecule has 2 rings (SSSR count). The molecule has 2 N–H and O–H groups in total. The van der Waals surface area contributed by atoms with Gasteiger partial charge in [-0.3, -0.25) is 24.7 Å². The van der Waals surface area contributed by atoms with Gasteiger partial charge in [0.05, 0.1) is 18.1 Å². The minimum absolute atomic E-state index is 0.0534. The summed E-state index contributed by atoms with van der Waals surface area (Å²) >= 11 is 1.19. The van der Waals surface area contributed by atoms with Gasteiger partial charge in [0.25, 0.3) is 5.69 Å². The third-order valence-corrected chi connectivity index (χ3v) is 4.85. The normalized spacial score (nSPS) is 19.1. The highest BCUT2D eigenvalue weighted by Gasteiger charge is 2.32. The number of nitro groups is 1. The molecule has 140 valence electrons. The lowest BCUT2D eigenvalue weighted by Crippen LogP contribution is -2.28. The van der Waals surface area contributed by atoms with Gasteiger partial charge < -0.3 is 15.4 Å². The summed E-state index contributed by atoms with van der Waals surface area (Å²) in [5.41, 5.74) is -0.224. The Hall–Kier alpha value is -2.62. The average molecular weight is 380 g/mol. The van der Waals surface area contributed by atoms with E-state index in [9.17, 15) is 19.7 Å². The van der Waals surface area contributed by atoms with Gasteiger partial charge in [0.1, 0.15) is 16.7 Å². The summed E-state index contributed by atoms with van der Waals surface area (Å²) in [5.74, 6) is -0.474. The van der Waals surface area contributed by atoms with E-state index in [-0.39, 0.29) is 29.7 Å². The number of hydrogen-bond acceptors (Lipinski definition) is 7. The monoisotopic (exact) mass is 380 g/mol. The Kier molecular flexibility index (Phi) is 6.56. The minimum atomic E-state index is -0.616. The molecule has 10 heteroatoms. The summed E-state index contributed by atoms with van der Waals surface area (Å²) in [4.78, 5) is 39.1. The van der Waals surface area contributed by atoms with E-state index in [2.05, 4.69) is 15.6 Å². The predicted octanol–water partition coefficient (Wildman–Crippen LogP) is 2.32. The Bertz CT molecular complexity index is 752. The van der Waals surface area contributed by atoms with E-state index in [0.717, 1.165) is 6.42 Å². The number of nitrogens with one attached hydrogen (secondary N) is 2. The zero-order chi connectivity index (χ0) is 19.3. The van der Waals surface area contributed by atoms with E-state index in [1.165, 1.54) is 37.1 Å². The maximum atomic E-state index is 12.2. The van der Waals surface area contributed by atoms with Crippen LogP contribution in [-0.2, 0) is 9.59 Å². The maximum absolute atomic E-state index is 12.2. The molecule has 0 saturated carbocycles. The molecular formula is C16H20N4O5S. The molecule has 26 heavy (non-hydrogen) atoms. The molecule has 1 aromatic carbocycles. The van der Waals surface area contributed by atoms with Gasteiger partial charge in [0, 0.05) is 12.5 Å². The van der Waals surface area contributed by atoms with Crippen LogP contribution >= 0.6 is 11.8 Å². The van der Waals surface area contributed by atoms with Crippen molar-refractivity contribution in [3.8, 4) is 5.75 Å². The number of amidine groups is 1. The first-order valence-electron chi connectivity index (χ1n) is 8.01. The topological polar surface area (TPSA) is 123 Å². The number of benzene rings is 1. The number of anilines is 1. The Balaban J connectivity index is 2.04. The third kappa shape index (κ3) is 4.94. The molecule has 0 aliphatic carbocycles. The molecule has 0 aromatic heterocycles. The molecule has 2 amide bonds. The number of ether oxygens (including phenoxy) is 1. The molecule has 0 radical (unpaired) electrons. The van der Waals surface area contributed by atoms with E-state index >= 15 is 0 Å². The Morgan fingerprint density at radius 2 is 2.27 bits per heavy atom. The highest BCUT2D eigenvalue weighted by molar-refractivity contribution is 8.15. The van der Waals surface area contributed by atoms with Crippen molar-refractivity contribution in [2.24, 2.45) is 4.99 Å². The van der Waals surface area contributed by atoms with Crippen molar-refractivity contribution in [1.29, 1.82) is 0 Å². The predicted molar refractivity (Wildman–Crippen MR) is 99.6 cm³/mol. The van der Waals surface area contributed by atoms with Crippen LogP contribution in [0.3, 0.4) is 0 Å². The largest absolute Gasteiger partial charge is 0.496 e. The van der Waals surface area contributed by atoms with Crippen molar-refractivity contribution in [3.05, 3.63) is 28.3 Å². The first-order chi connectivity index (χ1) is 12.3. The summed E-state index contributed by atoms with van der Waals surface area (Å²) in [7, 11) is 1.39. The lowest BCUT2D eigenvalue weighted by molar-refractivity contribution is -0.384. The SMILES string of the molecule is CC[C@@H](C)N=C1NC(=O)[C@H](CC(=O)Nc2ccc(OC)cc2[N+](=O)[O-])S1. The van der Waals surface area contributed by atoms with Gasteiger partial charge in [-0.2, -0.15) is 0 Å². The Morgan fingerprint density at radius 1 is 1.54 bits per heavy atom. The molecule has 2 atom stereocenters. The molecule has 1 saturated heterocycles. The molecule has 1 fully saturated rings. The molecule has 9 nitrogen and oxygen atoms in total. The standard InChI is InChI=1S/C16H20N4O5S/c1-4-9(2)17-16-19-15(22)13(26-16)8-14(21)18-11-6-5-10(25-3)7-12(11)20(23)24/h5-7,9,13H,4,8H2,1-3H3,(H,18,21)(H,17,19,22)/t9-,13+/m1/s1. The van der Waals surface area contributed by atoms with Crippen LogP contribution in [0.5, 0.6) is 5.75 Å².